The average molecular weight is 559 g/mol. The van der Waals surface area contributed by atoms with Gasteiger partial charge in [-0.05, 0) is 56.2 Å². The molecule has 0 aliphatic heterocycles. The van der Waals surface area contributed by atoms with Gasteiger partial charge in [0.15, 0.2) is 0 Å². The van der Waals surface area contributed by atoms with E-state index in [-0.39, 0.29) is 17.4 Å². The Morgan fingerprint density at radius 2 is 0.618 bits per heavy atom. The van der Waals surface area contributed by atoms with E-state index < -0.39 is 22.1 Å². The number of hydrogen-bond donors (Lipinski definition) is 0. The van der Waals surface area contributed by atoms with Crippen molar-refractivity contribution in [1.82, 2.24) is 0 Å². The first-order valence-electron chi connectivity index (χ1n) is 13.2. The summed E-state index contributed by atoms with van der Waals surface area (Å²) in [6.07, 6.45) is 14.9. The molecule has 0 saturated heterocycles. The molecule has 34 heavy (non-hydrogen) atoms. The Hall–Kier alpha value is 1.10. The second-order valence-electron chi connectivity index (χ2n) is 8.75. The Kier molecular flexibility index (Phi) is 33.7. The molecule has 0 aromatic rings. The van der Waals surface area contributed by atoms with E-state index in [1.54, 1.807) is 20.8 Å². The normalized spacial score (nSPS) is 15.8. The second-order valence-corrected chi connectivity index (χ2v) is 16.9. The predicted molar refractivity (Wildman–Crippen MR) is 147 cm³/mol. The van der Waals surface area contributed by atoms with Gasteiger partial charge >= 0.3 is 17.4 Å². The summed E-state index contributed by atoms with van der Waals surface area (Å²) < 4.78 is 33.0. The van der Waals surface area contributed by atoms with Crippen molar-refractivity contribution in [2.45, 2.75) is 119 Å². The van der Waals surface area contributed by atoms with E-state index in [0.717, 1.165) is 77.0 Å². The molecule has 0 radical (unpaired) electrons. The summed E-state index contributed by atoms with van der Waals surface area (Å²) in [5.41, 5.74) is 0. The summed E-state index contributed by atoms with van der Waals surface area (Å²) in [6, 6.07) is 0. The minimum atomic E-state index is -2.96. The van der Waals surface area contributed by atoms with Crippen molar-refractivity contribution >= 4 is 39.5 Å². The van der Waals surface area contributed by atoms with Crippen LogP contribution in [0.1, 0.15) is 119 Å². The van der Waals surface area contributed by atoms with E-state index in [1.807, 2.05) is 0 Å². The van der Waals surface area contributed by atoms with Crippen molar-refractivity contribution in [3.05, 3.63) is 0 Å². The Labute approximate surface area is 223 Å². The Balaban J connectivity index is -0.000000196. The monoisotopic (exact) mass is 558 g/mol. The largest absolute Gasteiger partial charge is 3.00 e. The minimum Gasteiger partial charge on any atom is -0.799 e. The molecule has 0 fully saturated rings. The van der Waals surface area contributed by atoms with Gasteiger partial charge in [0.2, 0.25) is 0 Å². The van der Waals surface area contributed by atoms with E-state index in [2.05, 4.69) is 20.8 Å². The average Bonchev–Trinajstić information content (AvgIpc) is 2.78. The van der Waals surface area contributed by atoms with Gasteiger partial charge in [0.1, 0.15) is 0 Å². The van der Waals surface area contributed by atoms with Gasteiger partial charge in [-0.15, -0.1) is 0 Å². The van der Waals surface area contributed by atoms with E-state index in [0.29, 0.717) is 37.0 Å². The summed E-state index contributed by atoms with van der Waals surface area (Å²) in [6.45, 7) is 11.5. The topological polar surface area (TPSA) is 120 Å². The fourth-order valence-electron chi connectivity index (χ4n) is 2.81. The van der Waals surface area contributed by atoms with Crippen LogP contribution in [0.2, 0.25) is 0 Å². The molecule has 0 rings (SSSR count). The summed E-state index contributed by atoms with van der Waals surface area (Å²) in [4.78, 5) is 33.0. The maximum Gasteiger partial charge on any atom is 3.00 e. The van der Waals surface area contributed by atoms with Crippen LogP contribution in [-0.2, 0) is 13.7 Å². The molecule has 0 N–H and O–H groups in total. The Morgan fingerprint density at radius 1 is 0.412 bits per heavy atom. The van der Waals surface area contributed by atoms with Crippen LogP contribution in [-0.4, -0.2) is 54.3 Å². The van der Waals surface area contributed by atoms with Gasteiger partial charge in [-0.2, -0.15) is 0 Å². The van der Waals surface area contributed by atoms with Crippen LogP contribution in [0, 0.1) is 0 Å². The minimum absolute atomic E-state index is 0. The first-order chi connectivity index (χ1) is 15.4. The Bertz CT molecular complexity index is 485. The predicted octanol–water partition coefficient (Wildman–Crippen LogP) is 6.29. The van der Waals surface area contributed by atoms with E-state index in [4.69, 9.17) is 0 Å². The molecule has 0 spiro atoms. The van der Waals surface area contributed by atoms with Crippen molar-refractivity contribution in [2.24, 2.45) is 0 Å². The maximum absolute atomic E-state index is 11.0. The number of unbranched alkanes of at least 4 members (excludes halogenated alkanes) is 9. The first kappa shape index (κ1) is 42.2. The zero-order valence-corrected chi connectivity index (χ0v) is 26.9. The van der Waals surface area contributed by atoms with Crippen LogP contribution >= 0.6 is 22.1 Å². The summed E-state index contributed by atoms with van der Waals surface area (Å²) in [7, 11) is -8.89. The number of hydrogen-bond acceptors (Lipinski definition) is 6. The zero-order chi connectivity index (χ0) is 26.2. The SMILES string of the molecule is CCCCCCP(=O)([O-])CC.CCCCCCP(=O)([O-])CC.CCCCCCP(=O)([O-])CC.[Al+3]. The van der Waals surface area contributed by atoms with Crippen LogP contribution in [0.5, 0.6) is 0 Å². The molecule has 0 saturated carbocycles. The van der Waals surface area contributed by atoms with Crippen molar-refractivity contribution in [2.75, 3.05) is 37.0 Å². The fraction of sp³-hybridized carbons (Fsp3) is 1.00. The zero-order valence-electron chi connectivity index (χ0n) is 23.1. The molecule has 0 bridgehead atoms. The van der Waals surface area contributed by atoms with Crippen LogP contribution in [0.3, 0.4) is 0 Å². The van der Waals surface area contributed by atoms with Gasteiger partial charge in [-0.25, -0.2) is 0 Å². The van der Waals surface area contributed by atoms with Crippen LogP contribution in [0.15, 0.2) is 0 Å². The third-order valence-corrected chi connectivity index (χ3v) is 11.4. The third kappa shape index (κ3) is 35.3. The molecule has 0 aromatic heterocycles. The van der Waals surface area contributed by atoms with Crippen LogP contribution < -0.4 is 14.7 Å². The smallest absolute Gasteiger partial charge is 0.799 e. The van der Waals surface area contributed by atoms with Gasteiger partial charge < -0.3 is 28.4 Å². The molecule has 10 heteroatoms. The van der Waals surface area contributed by atoms with Gasteiger partial charge in [0.25, 0.3) is 0 Å². The molecule has 0 amide bonds. The first-order valence-corrected chi connectivity index (χ1v) is 19.2. The molecule has 0 aliphatic carbocycles. The van der Waals surface area contributed by atoms with Crippen molar-refractivity contribution in [3.63, 3.8) is 0 Å². The molecule has 0 heterocycles. The van der Waals surface area contributed by atoms with E-state index in [1.165, 1.54) is 0 Å². The van der Waals surface area contributed by atoms with Crippen molar-refractivity contribution in [3.8, 4) is 0 Å². The van der Waals surface area contributed by atoms with Gasteiger partial charge in [-0.3, -0.25) is 0 Å². The summed E-state index contributed by atoms with van der Waals surface area (Å²) in [5, 5.41) is 0. The summed E-state index contributed by atoms with van der Waals surface area (Å²) in [5.74, 6) is 0. The Morgan fingerprint density at radius 3 is 0.765 bits per heavy atom. The van der Waals surface area contributed by atoms with Crippen LogP contribution in [0.25, 0.3) is 0 Å². The fourth-order valence-corrected chi connectivity index (χ4v) is 5.88. The van der Waals surface area contributed by atoms with Gasteiger partial charge in [0, 0.05) is 22.1 Å². The van der Waals surface area contributed by atoms with E-state index >= 15 is 0 Å². The second kappa shape index (κ2) is 27.1. The molecule has 3 atom stereocenters. The molecule has 0 aliphatic rings. The maximum atomic E-state index is 11.0. The van der Waals surface area contributed by atoms with Crippen LogP contribution in [0.4, 0.5) is 0 Å². The van der Waals surface area contributed by atoms with Gasteiger partial charge in [0.05, 0.1) is 0 Å². The standard InChI is InChI=1S/3C8H19O2P.Al/c3*1-3-5-6-7-8-11(9,10)4-2;/h3*3-8H2,1-2H3,(H,9,10);/q;;;+3/p-3. The molecule has 204 valence electrons. The molecule has 0 aromatic carbocycles. The van der Waals surface area contributed by atoms with Crippen molar-refractivity contribution in [1.29, 1.82) is 0 Å². The quantitative estimate of drug-likeness (QED) is 0.111. The molecule has 3 unspecified atom stereocenters. The van der Waals surface area contributed by atoms with Gasteiger partial charge in [-0.1, -0.05) is 99.3 Å². The van der Waals surface area contributed by atoms with E-state index in [9.17, 15) is 28.4 Å². The van der Waals surface area contributed by atoms with Crippen molar-refractivity contribution < 1.29 is 28.4 Å². The number of rotatable bonds is 18. The summed E-state index contributed by atoms with van der Waals surface area (Å²) >= 11 is 0. The third-order valence-electron chi connectivity index (χ3n) is 5.50. The molecular formula is C24H54AlO6P3. The molecular weight excluding hydrogens is 504 g/mol. The molecule has 6 nitrogen and oxygen atoms in total.